The Morgan fingerprint density at radius 2 is 2.50 bits per heavy atom. The van der Waals surface area contributed by atoms with Gasteiger partial charge in [0.15, 0.2) is 6.33 Å². The van der Waals surface area contributed by atoms with E-state index in [4.69, 9.17) is 4.52 Å². The molecule has 1 amide bonds. The number of nitrogens with zero attached hydrogens (tertiary/aromatic N) is 2. The van der Waals surface area contributed by atoms with E-state index in [0.29, 0.717) is 18.9 Å². The van der Waals surface area contributed by atoms with E-state index < -0.39 is 0 Å². The highest BCUT2D eigenvalue weighted by molar-refractivity contribution is 5.82. The molecule has 1 unspecified atom stereocenters. The van der Waals surface area contributed by atoms with Crippen molar-refractivity contribution >= 4 is 5.91 Å². The molecule has 2 N–H and O–H groups in total. The number of amides is 1. The van der Waals surface area contributed by atoms with Gasteiger partial charge in [0.25, 0.3) is 0 Å². The molecule has 100 valence electrons. The van der Waals surface area contributed by atoms with Crippen LogP contribution < -0.4 is 10.6 Å². The van der Waals surface area contributed by atoms with Crippen LogP contribution >= 0.6 is 0 Å². The molecule has 6 nitrogen and oxygen atoms in total. The van der Waals surface area contributed by atoms with Crippen LogP contribution in [0.3, 0.4) is 0 Å². The first kappa shape index (κ1) is 13.0. The number of hydrogen-bond acceptors (Lipinski definition) is 5. The van der Waals surface area contributed by atoms with Crippen molar-refractivity contribution in [2.24, 2.45) is 5.41 Å². The van der Waals surface area contributed by atoms with E-state index in [-0.39, 0.29) is 17.4 Å². The summed E-state index contributed by atoms with van der Waals surface area (Å²) in [6, 6.07) is -0.117. The Hall–Kier alpha value is -1.43. The number of piperidine rings is 1. The van der Waals surface area contributed by atoms with Crippen LogP contribution in [0.2, 0.25) is 0 Å². The summed E-state index contributed by atoms with van der Waals surface area (Å²) in [6.07, 6.45) is 4.13. The molecule has 0 aromatic carbocycles. The Morgan fingerprint density at radius 1 is 1.67 bits per heavy atom. The van der Waals surface area contributed by atoms with Crippen molar-refractivity contribution < 1.29 is 9.32 Å². The van der Waals surface area contributed by atoms with Gasteiger partial charge in [-0.2, -0.15) is 4.98 Å². The minimum atomic E-state index is -0.117. The molecule has 1 fully saturated rings. The molecule has 2 rings (SSSR count). The summed E-state index contributed by atoms with van der Waals surface area (Å²) in [5.74, 6) is 0.602. The lowest BCUT2D eigenvalue weighted by atomic mass is 9.77. The van der Waals surface area contributed by atoms with Gasteiger partial charge in [-0.15, -0.1) is 0 Å². The van der Waals surface area contributed by atoms with Crippen molar-refractivity contribution in [2.45, 2.75) is 39.2 Å². The van der Waals surface area contributed by atoms with Crippen LogP contribution in [0.5, 0.6) is 0 Å². The van der Waals surface area contributed by atoms with Crippen LogP contribution in [0.15, 0.2) is 10.9 Å². The molecule has 1 saturated heterocycles. The number of carbonyl (C=O) groups is 1. The predicted molar refractivity (Wildman–Crippen MR) is 65.8 cm³/mol. The standard InChI is InChI=1S/C12H20N4O2/c1-12(2)5-3-6-13-10(12)11(17)14-7-4-9-15-8-16-18-9/h8,10,13H,3-7H2,1-2H3,(H,14,17). The average molecular weight is 252 g/mol. The summed E-state index contributed by atoms with van der Waals surface area (Å²) in [4.78, 5) is 16.0. The molecule has 0 aliphatic carbocycles. The maximum absolute atomic E-state index is 12.1. The molecule has 0 bridgehead atoms. The van der Waals surface area contributed by atoms with Crippen LogP contribution in [0.4, 0.5) is 0 Å². The molecule has 1 aliphatic heterocycles. The second kappa shape index (κ2) is 5.48. The third-order valence-corrected chi connectivity index (χ3v) is 3.44. The van der Waals surface area contributed by atoms with Crippen molar-refractivity contribution in [3.63, 3.8) is 0 Å². The van der Waals surface area contributed by atoms with E-state index in [1.807, 2.05) is 0 Å². The van der Waals surface area contributed by atoms with E-state index in [0.717, 1.165) is 19.4 Å². The van der Waals surface area contributed by atoms with Crippen LogP contribution in [-0.2, 0) is 11.2 Å². The number of rotatable bonds is 4. The summed E-state index contributed by atoms with van der Waals surface area (Å²) in [7, 11) is 0. The molecular formula is C12H20N4O2. The van der Waals surface area contributed by atoms with Gasteiger partial charge in [0.1, 0.15) is 0 Å². The van der Waals surface area contributed by atoms with Gasteiger partial charge < -0.3 is 15.2 Å². The molecule has 1 aromatic heterocycles. The van der Waals surface area contributed by atoms with Crippen LogP contribution in [0.1, 0.15) is 32.6 Å². The highest BCUT2D eigenvalue weighted by Crippen LogP contribution is 2.29. The largest absolute Gasteiger partial charge is 0.354 e. The molecule has 18 heavy (non-hydrogen) atoms. The quantitative estimate of drug-likeness (QED) is 0.816. The fourth-order valence-electron chi connectivity index (χ4n) is 2.36. The van der Waals surface area contributed by atoms with E-state index in [9.17, 15) is 4.79 Å². The summed E-state index contributed by atoms with van der Waals surface area (Å²) >= 11 is 0. The van der Waals surface area contributed by atoms with Gasteiger partial charge in [-0.1, -0.05) is 19.0 Å². The molecule has 0 radical (unpaired) electrons. The summed E-state index contributed by atoms with van der Waals surface area (Å²) in [5.41, 5.74) is 0.00677. The first-order valence-electron chi connectivity index (χ1n) is 6.36. The van der Waals surface area contributed by atoms with Crippen LogP contribution in [-0.4, -0.2) is 35.2 Å². The number of nitrogens with one attached hydrogen (secondary N) is 2. The number of carbonyl (C=O) groups excluding carboxylic acids is 1. The SMILES string of the molecule is CC1(C)CCCNC1C(=O)NCCc1ncno1. The van der Waals surface area contributed by atoms with Gasteiger partial charge in [-0.05, 0) is 24.8 Å². The zero-order valence-corrected chi connectivity index (χ0v) is 10.9. The second-order valence-corrected chi connectivity index (χ2v) is 5.36. The Labute approximate surface area is 107 Å². The summed E-state index contributed by atoms with van der Waals surface area (Å²) < 4.78 is 4.87. The van der Waals surface area contributed by atoms with E-state index >= 15 is 0 Å². The van der Waals surface area contributed by atoms with Crippen LogP contribution in [0.25, 0.3) is 0 Å². The van der Waals surface area contributed by atoms with E-state index in [2.05, 4.69) is 34.6 Å². The fourth-order valence-corrected chi connectivity index (χ4v) is 2.36. The molecule has 0 spiro atoms. The molecule has 1 aromatic rings. The fraction of sp³-hybridized carbons (Fsp3) is 0.750. The topological polar surface area (TPSA) is 80.0 Å². The molecule has 1 aliphatic rings. The van der Waals surface area contributed by atoms with Gasteiger partial charge in [0, 0.05) is 13.0 Å². The molecule has 6 heteroatoms. The summed E-state index contributed by atoms with van der Waals surface area (Å²) in [5, 5.41) is 9.73. The third kappa shape index (κ3) is 3.07. The lowest BCUT2D eigenvalue weighted by Gasteiger charge is -2.38. The lowest BCUT2D eigenvalue weighted by molar-refractivity contribution is -0.126. The van der Waals surface area contributed by atoms with E-state index in [1.54, 1.807) is 0 Å². The van der Waals surface area contributed by atoms with Gasteiger partial charge in [0.05, 0.1) is 6.04 Å². The molecule has 0 saturated carbocycles. The zero-order valence-electron chi connectivity index (χ0n) is 10.9. The zero-order chi connectivity index (χ0) is 13.0. The Balaban J connectivity index is 1.80. The van der Waals surface area contributed by atoms with Crippen LogP contribution in [0, 0.1) is 5.41 Å². The second-order valence-electron chi connectivity index (χ2n) is 5.36. The Morgan fingerprint density at radius 3 is 3.17 bits per heavy atom. The van der Waals surface area contributed by atoms with Crippen molar-refractivity contribution in [3.8, 4) is 0 Å². The number of aromatic nitrogens is 2. The normalized spacial score (nSPS) is 22.7. The third-order valence-electron chi connectivity index (χ3n) is 3.44. The van der Waals surface area contributed by atoms with Crippen molar-refractivity contribution in [1.82, 2.24) is 20.8 Å². The highest BCUT2D eigenvalue weighted by Gasteiger charge is 2.36. The highest BCUT2D eigenvalue weighted by atomic mass is 16.5. The first-order chi connectivity index (χ1) is 8.59. The first-order valence-corrected chi connectivity index (χ1v) is 6.36. The maximum Gasteiger partial charge on any atom is 0.237 e. The van der Waals surface area contributed by atoms with Gasteiger partial charge in [-0.3, -0.25) is 4.79 Å². The van der Waals surface area contributed by atoms with Gasteiger partial charge in [-0.25, -0.2) is 0 Å². The maximum atomic E-state index is 12.1. The lowest BCUT2D eigenvalue weighted by Crippen LogP contribution is -2.55. The molecular weight excluding hydrogens is 232 g/mol. The Kier molecular flexibility index (Phi) is 3.96. The predicted octanol–water partition coefficient (Wildman–Crippen LogP) is 0.506. The average Bonchev–Trinajstić information content (AvgIpc) is 2.81. The van der Waals surface area contributed by atoms with Gasteiger partial charge >= 0.3 is 0 Å². The molecule has 2 heterocycles. The smallest absolute Gasteiger partial charge is 0.237 e. The number of hydrogen-bond donors (Lipinski definition) is 2. The van der Waals surface area contributed by atoms with Crippen molar-refractivity contribution in [3.05, 3.63) is 12.2 Å². The Bertz CT molecular complexity index is 389. The minimum Gasteiger partial charge on any atom is -0.354 e. The summed E-state index contributed by atoms with van der Waals surface area (Å²) in [6.45, 7) is 5.68. The monoisotopic (exact) mass is 252 g/mol. The van der Waals surface area contributed by atoms with Crippen molar-refractivity contribution in [1.29, 1.82) is 0 Å². The van der Waals surface area contributed by atoms with E-state index in [1.165, 1.54) is 6.33 Å². The van der Waals surface area contributed by atoms with Crippen molar-refractivity contribution in [2.75, 3.05) is 13.1 Å². The minimum absolute atomic E-state index is 0.00677. The molecule has 1 atom stereocenters. The van der Waals surface area contributed by atoms with Gasteiger partial charge in [0.2, 0.25) is 11.8 Å².